The molecule has 0 radical (unpaired) electrons. The molecule has 0 aliphatic rings. The molecule has 0 aliphatic carbocycles. The topological polar surface area (TPSA) is 60.2 Å². The van der Waals surface area contributed by atoms with Gasteiger partial charge in [-0.1, -0.05) is 56.3 Å². The number of guanidine groups is 1. The van der Waals surface area contributed by atoms with Gasteiger partial charge in [-0.2, -0.15) is 5.26 Å². The molecule has 0 atom stereocenters. The van der Waals surface area contributed by atoms with Gasteiger partial charge in [0.05, 0.1) is 18.2 Å². The largest absolute Gasteiger partial charge is 0.357 e. The van der Waals surface area contributed by atoms with Crippen LogP contribution in [0.5, 0.6) is 0 Å². The van der Waals surface area contributed by atoms with E-state index in [2.05, 4.69) is 66.7 Å². The Balaban J connectivity index is 0.00000338. The Kier molecular flexibility index (Phi) is 9.14. The second-order valence-electron chi connectivity index (χ2n) is 6.61. The first kappa shape index (κ1) is 22.0. The molecule has 0 fully saturated rings. The Hall–Kier alpha value is -2.07. The SMILES string of the molecule is CCNC(=NCc1cccc(C#N)c1)NCC(C)(C)c1ccccc1.I. The van der Waals surface area contributed by atoms with Crippen LogP contribution in [-0.4, -0.2) is 19.0 Å². The van der Waals surface area contributed by atoms with E-state index in [1.165, 1.54) is 5.56 Å². The number of rotatable bonds is 6. The van der Waals surface area contributed by atoms with Gasteiger partial charge in [0.1, 0.15) is 0 Å². The highest BCUT2D eigenvalue weighted by Gasteiger charge is 2.20. The van der Waals surface area contributed by atoms with E-state index >= 15 is 0 Å². The van der Waals surface area contributed by atoms with Crippen LogP contribution >= 0.6 is 24.0 Å². The van der Waals surface area contributed by atoms with E-state index < -0.39 is 0 Å². The lowest BCUT2D eigenvalue weighted by Crippen LogP contribution is -2.43. The third-order valence-corrected chi connectivity index (χ3v) is 4.07. The number of nitriles is 1. The minimum absolute atomic E-state index is 0. The predicted octanol–water partition coefficient (Wildman–Crippen LogP) is 4.21. The highest BCUT2D eigenvalue weighted by Crippen LogP contribution is 2.21. The van der Waals surface area contributed by atoms with Crippen LogP contribution in [0.3, 0.4) is 0 Å². The monoisotopic (exact) mass is 462 g/mol. The first-order valence-electron chi connectivity index (χ1n) is 8.62. The highest BCUT2D eigenvalue weighted by molar-refractivity contribution is 14.0. The third-order valence-electron chi connectivity index (χ3n) is 4.07. The Bertz CT molecular complexity index is 748. The Morgan fingerprint density at radius 3 is 2.46 bits per heavy atom. The predicted molar refractivity (Wildman–Crippen MR) is 119 cm³/mol. The molecule has 2 rings (SSSR count). The zero-order valence-corrected chi connectivity index (χ0v) is 18.0. The molecule has 0 aromatic heterocycles. The summed E-state index contributed by atoms with van der Waals surface area (Å²) in [4.78, 5) is 4.64. The second kappa shape index (κ2) is 10.8. The van der Waals surface area contributed by atoms with E-state index in [1.54, 1.807) is 6.07 Å². The van der Waals surface area contributed by atoms with Gasteiger partial charge < -0.3 is 10.6 Å². The molecule has 0 unspecified atom stereocenters. The van der Waals surface area contributed by atoms with Crippen LogP contribution in [0.4, 0.5) is 0 Å². The molecule has 2 N–H and O–H groups in total. The van der Waals surface area contributed by atoms with Crippen molar-refractivity contribution in [2.75, 3.05) is 13.1 Å². The smallest absolute Gasteiger partial charge is 0.191 e. The number of nitrogens with zero attached hydrogens (tertiary/aromatic N) is 2. The lowest BCUT2D eigenvalue weighted by Gasteiger charge is -2.26. The summed E-state index contributed by atoms with van der Waals surface area (Å²) in [6, 6.07) is 20.2. The summed E-state index contributed by atoms with van der Waals surface area (Å²) in [6.07, 6.45) is 0. The fourth-order valence-corrected chi connectivity index (χ4v) is 2.55. The van der Waals surface area contributed by atoms with Crippen molar-refractivity contribution in [1.82, 2.24) is 10.6 Å². The van der Waals surface area contributed by atoms with E-state index in [1.807, 2.05) is 24.3 Å². The van der Waals surface area contributed by atoms with Crippen molar-refractivity contribution in [2.24, 2.45) is 4.99 Å². The summed E-state index contributed by atoms with van der Waals surface area (Å²) in [5.74, 6) is 0.786. The third kappa shape index (κ3) is 6.68. The second-order valence-corrected chi connectivity index (χ2v) is 6.61. The van der Waals surface area contributed by atoms with Gasteiger partial charge in [0.15, 0.2) is 5.96 Å². The first-order chi connectivity index (χ1) is 12.0. The van der Waals surface area contributed by atoms with Gasteiger partial charge in [-0.3, -0.25) is 0 Å². The zero-order chi connectivity index (χ0) is 18.1. The van der Waals surface area contributed by atoms with Crippen molar-refractivity contribution in [3.8, 4) is 6.07 Å². The van der Waals surface area contributed by atoms with Gasteiger partial charge in [-0.05, 0) is 30.2 Å². The van der Waals surface area contributed by atoms with Crippen LogP contribution in [0, 0.1) is 11.3 Å². The molecule has 5 heteroatoms. The molecule has 0 amide bonds. The molecule has 2 aromatic rings. The maximum atomic E-state index is 9.00. The Labute approximate surface area is 173 Å². The molecule has 4 nitrogen and oxygen atoms in total. The molecule has 0 saturated carbocycles. The number of benzene rings is 2. The summed E-state index contributed by atoms with van der Waals surface area (Å²) in [5, 5.41) is 15.7. The summed E-state index contributed by atoms with van der Waals surface area (Å²) in [5.41, 5.74) is 2.98. The lowest BCUT2D eigenvalue weighted by molar-refractivity contribution is 0.508. The number of halogens is 1. The molecule has 0 bridgehead atoms. The molecule has 2 aromatic carbocycles. The van der Waals surface area contributed by atoms with Crippen molar-refractivity contribution in [3.05, 3.63) is 71.3 Å². The van der Waals surface area contributed by atoms with E-state index in [9.17, 15) is 0 Å². The van der Waals surface area contributed by atoms with Crippen LogP contribution < -0.4 is 10.6 Å². The standard InChI is InChI=1S/C21H26N4.HI/c1-4-23-20(24-15-18-10-8-9-17(13-18)14-22)25-16-21(2,3)19-11-6-5-7-12-19;/h5-13H,4,15-16H2,1-3H3,(H2,23,24,25);1H. The molecule has 0 aliphatic heterocycles. The van der Waals surface area contributed by atoms with E-state index in [4.69, 9.17) is 5.26 Å². The Morgan fingerprint density at radius 2 is 1.81 bits per heavy atom. The molecule has 26 heavy (non-hydrogen) atoms. The maximum Gasteiger partial charge on any atom is 0.191 e. The molecule has 0 heterocycles. The molecule has 0 saturated heterocycles. The lowest BCUT2D eigenvalue weighted by atomic mass is 9.85. The van der Waals surface area contributed by atoms with Crippen LogP contribution in [0.2, 0.25) is 0 Å². The van der Waals surface area contributed by atoms with Crippen LogP contribution in [-0.2, 0) is 12.0 Å². The van der Waals surface area contributed by atoms with Gasteiger partial charge in [-0.25, -0.2) is 4.99 Å². The van der Waals surface area contributed by atoms with E-state index in [0.29, 0.717) is 12.1 Å². The molecular formula is C21H27IN4. The summed E-state index contributed by atoms with van der Waals surface area (Å²) in [7, 11) is 0. The van der Waals surface area contributed by atoms with Crippen molar-refractivity contribution in [3.63, 3.8) is 0 Å². The number of hydrogen-bond acceptors (Lipinski definition) is 2. The van der Waals surface area contributed by atoms with Gasteiger partial charge >= 0.3 is 0 Å². The van der Waals surface area contributed by atoms with E-state index in [0.717, 1.165) is 24.6 Å². The quantitative estimate of drug-likeness (QED) is 0.384. The summed E-state index contributed by atoms with van der Waals surface area (Å²) >= 11 is 0. The number of aliphatic imine (C=N–C) groups is 1. The minimum Gasteiger partial charge on any atom is -0.357 e. The average Bonchev–Trinajstić information content (AvgIpc) is 2.65. The zero-order valence-electron chi connectivity index (χ0n) is 15.6. The van der Waals surface area contributed by atoms with Crippen LogP contribution in [0.25, 0.3) is 0 Å². The van der Waals surface area contributed by atoms with Crippen molar-refractivity contribution < 1.29 is 0 Å². The average molecular weight is 462 g/mol. The van der Waals surface area contributed by atoms with Crippen molar-refractivity contribution in [2.45, 2.75) is 32.7 Å². The number of hydrogen-bond donors (Lipinski definition) is 2. The van der Waals surface area contributed by atoms with Gasteiger partial charge in [0.25, 0.3) is 0 Å². The van der Waals surface area contributed by atoms with Gasteiger partial charge in [0, 0.05) is 18.5 Å². The van der Waals surface area contributed by atoms with Gasteiger partial charge in [0.2, 0.25) is 0 Å². The Morgan fingerprint density at radius 1 is 1.08 bits per heavy atom. The summed E-state index contributed by atoms with van der Waals surface area (Å²) < 4.78 is 0. The fraction of sp³-hybridized carbons (Fsp3) is 0.333. The van der Waals surface area contributed by atoms with Crippen LogP contribution in [0.15, 0.2) is 59.6 Å². The summed E-state index contributed by atoms with van der Waals surface area (Å²) in [6.45, 7) is 8.61. The molecule has 138 valence electrons. The fourth-order valence-electron chi connectivity index (χ4n) is 2.55. The minimum atomic E-state index is -0.00181. The first-order valence-corrected chi connectivity index (χ1v) is 8.62. The normalized spacial score (nSPS) is 11.2. The van der Waals surface area contributed by atoms with Crippen LogP contribution in [0.1, 0.15) is 37.5 Å². The van der Waals surface area contributed by atoms with Crippen molar-refractivity contribution in [1.29, 1.82) is 5.26 Å². The van der Waals surface area contributed by atoms with Crippen molar-refractivity contribution >= 4 is 29.9 Å². The maximum absolute atomic E-state index is 9.00. The highest BCUT2D eigenvalue weighted by atomic mass is 127. The molecular weight excluding hydrogens is 435 g/mol. The number of nitrogens with one attached hydrogen (secondary N) is 2. The van der Waals surface area contributed by atoms with E-state index in [-0.39, 0.29) is 29.4 Å². The molecule has 0 spiro atoms. The van der Waals surface area contributed by atoms with Gasteiger partial charge in [-0.15, -0.1) is 24.0 Å².